The van der Waals surface area contributed by atoms with Gasteiger partial charge in [-0.3, -0.25) is 4.79 Å². The van der Waals surface area contributed by atoms with Gasteiger partial charge in [-0.2, -0.15) is 0 Å². The Morgan fingerprint density at radius 2 is 2.20 bits per heavy atom. The van der Waals surface area contributed by atoms with Crippen LogP contribution < -0.4 is 10.5 Å². The Morgan fingerprint density at radius 1 is 1.50 bits per heavy atom. The lowest BCUT2D eigenvalue weighted by molar-refractivity contribution is 0.0528. The lowest BCUT2D eigenvalue weighted by atomic mass is 9.79. The van der Waals surface area contributed by atoms with Crippen LogP contribution in [0.15, 0.2) is 18.2 Å². The number of ether oxygens (including phenoxy) is 1. The molecule has 0 aromatic heterocycles. The summed E-state index contributed by atoms with van der Waals surface area (Å²) < 4.78 is 18.9. The second kappa shape index (κ2) is 5.40. The van der Waals surface area contributed by atoms with Crippen molar-refractivity contribution < 1.29 is 13.9 Å². The molecule has 0 spiro atoms. The molecule has 5 heteroatoms. The minimum absolute atomic E-state index is 0.0623. The number of carbonyl (C=O) groups excluding carboxylic acids is 1. The van der Waals surface area contributed by atoms with Crippen LogP contribution in [0.5, 0.6) is 5.75 Å². The SMILES string of the molecule is COc1ccc(C(=O)N2CCC(N)C(C)(C)C2)c(F)c1. The summed E-state index contributed by atoms with van der Waals surface area (Å²) in [4.78, 5) is 14.1. The van der Waals surface area contributed by atoms with Gasteiger partial charge >= 0.3 is 0 Å². The maximum atomic E-state index is 14.0. The van der Waals surface area contributed by atoms with Crippen LogP contribution >= 0.6 is 0 Å². The normalized spacial score (nSPS) is 21.6. The Hall–Kier alpha value is -1.62. The van der Waals surface area contributed by atoms with Crippen molar-refractivity contribution in [1.82, 2.24) is 4.90 Å². The number of methoxy groups -OCH3 is 1. The predicted octanol–water partition coefficient (Wildman–Crippen LogP) is 2.03. The van der Waals surface area contributed by atoms with Gasteiger partial charge in [0.2, 0.25) is 0 Å². The van der Waals surface area contributed by atoms with E-state index in [9.17, 15) is 9.18 Å². The number of likely N-dealkylation sites (tertiary alicyclic amines) is 1. The fraction of sp³-hybridized carbons (Fsp3) is 0.533. The van der Waals surface area contributed by atoms with Gasteiger partial charge in [-0.05, 0) is 24.0 Å². The van der Waals surface area contributed by atoms with Crippen LogP contribution in [0.25, 0.3) is 0 Å². The van der Waals surface area contributed by atoms with E-state index >= 15 is 0 Å². The number of carbonyl (C=O) groups is 1. The molecule has 0 saturated carbocycles. The van der Waals surface area contributed by atoms with Crippen molar-refractivity contribution in [3.8, 4) is 5.75 Å². The van der Waals surface area contributed by atoms with E-state index in [0.29, 0.717) is 18.8 Å². The van der Waals surface area contributed by atoms with Crippen LogP contribution in [-0.4, -0.2) is 37.0 Å². The molecule has 1 aliphatic heterocycles. The highest BCUT2D eigenvalue weighted by atomic mass is 19.1. The summed E-state index contributed by atoms with van der Waals surface area (Å²) in [7, 11) is 1.46. The number of rotatable bonds is 2. The minimum Gasteiger partial charge on any atom is -0.497 e. The third kappa shape index (κ3) is 2.77. The first-order chi connectivity index (χ1) is 9.35. The molecule has 1 unspecified atom stereocenters. The molecule has 110 valence electrons. The molecule has 1 aliphatic rings. The van der Waals surface area contributed by atoms with Crippen LogP contribution in [0.4, 0.5) is 4.39 Å². The summed E-state index contributed by atoms with van der Waals surface area (Å²) >= 11 is 0. The zero-order chi connectivity index (χ0) is 14.9. The summed E-state index contributed by atoms with van der Waals surface area (Å²) in [5.41, 5.74) is 5.98. The van der Waals surface area contributed by atoms with Crippen molar-refractivity contribution in [2.45, 2.75) is 26.3 Å². The smallest absolute Gasteiger partial charge is 0.256 e. The van der Waals surface area contributed by atoms with Gasteiger partial charge < -0.3 is 15.4 Å². The molecule has 0 aliphatic carbocycles. The van der Waals surface area contributed by atoms with Crippen LogP contribution in [-0.2, 0) is 0 Å². The minimum atomic E-state index is -0.554. The first kappa shape index (κ1) is 14.8. The number of benzene rings is 1. The number of halogens is 1. The molecular weight excluding hydrogens is 259 g/mol. The summed E-state index contributed by atoms with van der Waals surface area (Å²) in [5.74, 6) is -0.438. The van der Waals surface area contributed by atoms with Crippen molar-refractivity contribution in [1.29, 1.82) is 0 Å². The Kier molecular flexibility index (Phi) is 3.99. The summed E-state index contributed by atoms with van der Waals surface area (Å²) in [6, 6.07) is 4.36. The molecule has 1 atom stereocenters. The van der Waals surface area contributed by atoms with E-state index in [4.69, 9.17) is 10.5 Å². The van der Waals surface area contributed by atoms with Crippen molar-refractivity contribution in [3.63, 3.8) is 0 Å². The molecule has 1 aromatic carbocycles. The number of nitrogens with zero attached hydrogens (tertiary/aromatic N) is 1. The number of nitrogens with two attached hydrogens (primary N) is 1. The average Bonchev–Trinajstić information content (AvgIpc) is 2.41. The Balaban J connectivity index is 2.20. The van der Waals surface area contributed by atoms with Crippen molar-refractivity contribution >= 4 is 5.91 Å². The van der Waals surface area contributed by atoms with Gasteiger partial charge in [-0.15, -0.1) is 0 Å². The Bertz CT molecular complexity index is 517. The van der Waals surface area contributed by atoms with Crippen molar-refractivity contribution in [2.75, 3.05) is 20.2 Å². The highest BCUT2D eigenvalue weighted by molar-refractivity contribution is 5.94. The fourth-order valence-corrected chi connectivity index (χ4v) is 2.51. The molecule has 1 amide bonds. The third-order valence-electron chi connectivity index (χ3n) is 4.01. The van der Waals surface area contributed by atoms with E-state index in [2.05, 4.69) is 0 Å². The van der Waals surface area contributed by atoms with Gasteiger partial charge in [0.25, 0.3) is 5.91 Å². The predicted molar refractivity (Wildman–Crippen MR) is 75.2 cm³/mol. The van der Waals surface area contributed by atoms with E-state index in [1.807, 2.05) is 13.8 Å². The van der Waals surface area contributed by atoms with Crippen LogP contribution in [0.2, 0.25) is 0 Å². The van der Waals surface area contributed by atoms with Gasteiger partial charge in [-0.25, -0.2) is 4.39 Å². The highest BCUT2D eigenvalue weighted by Crippen LogP contribution is 2.29. The lowest BCUT2D eigenvalue weighted by Crippen LogP contribution is -2.54. The second-order valence-electron chi connectivity index (χ2n) is 5.96. The van der Waals surface area contributed by atoms with E-state index in [1.54, 1.807) is 11.0 Å². The highest BCUT2D eigenvalue weighted by Gasteiger charge is 2.36. The van der Waals surface area contributed by atoms with Gasteiger partial charge in [0.05, 0.1) is 12.7 Å². The summed E-state index contributed by atoms with van der Waals surface area (Å²) in [6.07, 6.45) is 0.733. The lowest BCUT2D eigenvalue weighted by Gasteiger charge is -2.42. The topological polar surface area (TPSA) is 55.6 Å². The number of amides is 1. The Labute approximate surface area is 118 Å². The second-order valence-corrected chi connectivity index (χ2v) is 5.96. The molecule has 0 bridgehead atoms. The molecule has 0 radical (unpaired) electrons. The largest absolute Gasteiger partial charge is 0.497 e. The number of hydrogen-bond donors (Lipinski definition) is 1. The average molecular weight is 280 g/mol. The van der Waals surface area contributed by atoms with Gasteiger partial charge in [-0.1, -0.05) is 13.8 Å². The van der Waals surface area contributed by atoms with Gasteiger partial charge in [0.15, 0.2) is 0 Å². The molecule has 2 rings (SSSR count). The monoisotopic (exact) mass is 280 g/mol. The zero-order valence-corrected chi connectivity index (χ0v) is 12.1. The fourth-order valence-electron chi connectivity index (χ4n) is 2.51. The molecule has 1 heterocycles. The van der Waals surface area contributed by atoms with Crippen molar-refractivity contribution in [3.05, 3.63) is 29.6 Å². The maximum Gasteiger partial charge on any atom is 0.256 e. The first-order valence-electron chi connectivity index (χ1n) is 6.73. The number of hydrogen-bond acceptors (Lipinski definition) is 3. The van der Waals surface area contributed by atoms with Crippen molar-refractivity contribution in [2.24, 2.45) is 11.1 Å². The van der Waals surface area contributed by atoms with E-state index in [0.717, 1.165) is 6.42 Å². The molecular formula is C15H21FN2O2. The van der Waals surface area contributed by atoms with Crippen LogP contribution in [0.3, 0.4) is 0 Å². The summed E-state index contributed by atoms with van der Waals surface area (Å²) in [6.45, 7) is 5.16. The van der Waals surface area contributed by atoms with Crippen LogP contribution in [0.1, 0.15) is 30.6 Å². The maximum absolute atomic E-state index is 14.0. The quantitative estimate of drug-likeness (QED) is 0.902. The summed E-state index contributed by atoms with van der Waals surface area (Å²) in [5, 5.41) is 0. The zero-order valence-electron chi connectivity index (χ0n) is 12.1. The molecule has 1 saturated heterocycles. The molecule has 4 nitrogen and oxygen atoms in total. The van der Waals surface area contributed by atoms with E-state index < -0.39 is 5.82 Å². The molecule has 1 fully saturated rings. The Morgan fingerprint density at radius 3 is 2.75 bits per heavy atom. The van der Waals surface area contributed by atoms with E-state index in [1.165, 1.54) is 19.2 Å². The number of piperidine rings is 1. The first-order valence-corrected chi connectivity index (χ1v) is 6.73. The van der Waals surface area contributed by atoms with Gasteiger partial charge in [0.1, 0.15) is 11.6 Å². The third-order valence-corrected chi connectivity index (χ3v) is 4.01. The van der Waals surface area contributed by atoms with E-state index in [-0.39, 0.29) is 22.9 Å². The molecule has 2 N–H and O–H groups in total. The standard InChI is InChI=1S/C15H21FN2O2/c1-15(2)9-18(7-6-13(15)17)14(19)11-5-4-10(20-3)8-12(11)16/h4-5,8,13H,6-7,9,17H2,1-3H3. The molecule has 20 heavy (non-hydrogen) atoms. The van der Waals surface area contributed by atoms with Gasteiger partial charge in [0, 0.05) is 25.2 Å². The van der Waals surface area contributed by atoms with Crippen LogP contribution in [0, 0.1) is 11.2 Å². The molecule has 1 aromatic rings.